The van der Waals surface area contributed by atoms with E-state index in [2.05, 4.69) is 154 Å². The van der Waals surface area contributed by atoms with Crippen LogP contribution in [0.3, 0.4) is 0 Å². The number of nitrogens with zero attached hydrogens (tertiary/aromatic N) is 1. The number of anilines is 2. The molecule has 2 amide bonds. The quantitative estimate of drug-likeness (QED) is 0.158. The van der Waals surface area contributed by atoms with E-state index in [0.29, 0.717) is 0 Å². The summed E-state index contributed by atoms with van der Waals surface area (Å²) in [6.07, 6.45) is 10.4. The number of fused-ring (bicyclic) bond motifs is 6. The molecule has 0 aliphatic heterocycles. The van der Waals surface area contributed by atoms with Crippen molar-refractivity contribution in [2.75, 3.05) is 16.8 Å². The van der Waals surface area contributed by atoms with Crippen molar-refractivity contribution in [1.29, 1.82) is 0 Å². The van der Waals surface area contributed by atoms with Crippen LogP contribution in [0.1, 0.15) is 133 Å². The number of rotatable bonds is 10. The summed E-state index contributed by atoms with van der Waals surface area (Å²) >= 11 is 0. The first kappa shape index (κ1) is 39.4. The Hall–Kier alpha value is -4.38. The SMILES string of the molecule is CCNc1ccc2c(c1)[C@@]1(C)CCC[C@](C)(C(=O)NC(=O)[C@@]3(C)CCC[C@]4(C)c5cc(N(Cc6ccccc6)Cc6ccccc6)ccc5CCC34)[C@]1(CC)CC2. The van der Waals surface area contributed by atoms with Crippen LogP contribution < -0.4 is 15.5 Å². The van der Waals surface area contributed by atoms with E-state index in [1.54, 1.807) is 0 Å². The Bertz CT molecular complexity index is 2070. The highest BCUT2D eigenvalue weighted by atomic mass is 16.2. The van der Waals surface area contributed by atoms with E-state index in [-0.39, 0.29) is 34.0 Å². The van der Waals surface area contributed by atoms with E-state index in [4.69, 9.17) is 0 Å². The average Bonchev–Trinajstić information content (AvgIpc) is 3.21. The topological polar surface area (TPSA) is 61.4 Å². The highest BCUT2D eigenvalue weighted by Crippen LogP contribution is 2.67. The van der Waals surface area contributed by atoms with Gasteiger partial charge in [-0.05, 0) is 145 Å². The first-order valence-corrected chi connectivity index (χ1v) is 22.1. The molecule has 0 aromatic heterocycles. The monoisotopic (exact) mass is 764 g/mol. The molecule has 8 rings (SSSR count). The van der Waals surface area contributed by atoms with Crippen molar-refractivity contribution in [3.05, 3.63) is 130 Å². The molecule has 1 unspecified atom stereocenters. The van der Waals surface area contributed by atoms with Gasteiger partial charge >= 0.3 is 0 Å². The molecular formula is C52H65N3O2. The third-order valence-electron chi connectivity index (χ3n) is 16.4. The Balaban J connectivity index is 1.08. The zero-order valence-corrected chi connectivity index (χ0v) is 35.5. The normalized spacial score (nSPS) is 30.2. The van der Waals surface area contributed by atoms with Crippen molar-refractivity contribution in [1.82, 2.24) is 5.32 Å². The van der Waals surface area contributed by atoms with Gasteiger partial charge in [0.25, 0.3) is 0 Å². The lowest BCUT2D eigenvalue weighted by molar-refractivity contribution is -0.160. The number of imide groups is 1. The summed E-state index contributed by atoms with van der Waals surface area (Å²) in [5.74, 6) is 0.0424. The van der Waals surface area contributed by atoms with Gasteiger partial charge in [0.15, 0.2) is 0 Å². The van der Waals surface area contributed by atoms with Crippen molar-refractivity contribution in [3.63, 3.8) is 0 Å². The molecule has 300 valence electrons. The molecule has 2 saturated carbocycles. The van der Waals surface area contributed by atoms with E-state index in [1.165, 1.54) is 39.1 Å². The van der Waals surface area contributed by atoms with Crippen molar-refractivity contribution in [3.8, 4) is 0 Å². The molecule has 0 spiro atoms. The van der Waals surface area contributed by atoms with E-state index < -0.39 is 10.8 Å². The maximum Gasteiger partial charge on any atom is 0.233 e. The predicted molar refractivity (Wildman–Crippen MR) is 234 cm³/mol. The highest BCUT2D eigenvalue weighted by Gasteiger charge is 2.65. The first-order chi connectivity index (χ1) is 27.4. The summed E-state index contributed by atoms with van der Waals surface area (Å²) in [6.45, 7) is 16.2. The zero-order chi connectivity index (χ0) is 40.1. The maximum absolute atomic E-state index is 15.1. The minimum Gasteiger partial charge on any atom is -0.385 e. The third kappa shape index (κ3) is 6.43. The van der Waals surface area contributed by atoms with Crippen LogP contribution in [0, 0.1) is 22.2 Å². The second kappa shape index (κ2) is 15.1. The number of hydrogen-bond donors (Lipinski definition) is 2. The highest BCUT2D eigenvalue weighted by molar-refractivity contribution is 6.01. The van der Waals surface area contributed by atoms with Gasteiger partial charge in [-0.2, -0.15) is 0 Å². The fourth-order valence-electron chi connectivity index (χ4n) is 13.2. The van der Waals surface area contributed by atoms with Gasteiger partial charge in [0.1, 0.15) is 0 Å². The van der Waals surface area contributed by atoms with Crippen molar-refractivity contribution >= 4 is 23.2 Å². The van der Waals surface area contributed by atoms with Crippen LogP contribution in [-0.2, 0) is 46.4 Å². The molecule has 0 saturated heterocycles. The van der Waals surface area contributed by atoms with Crippen LogP contribution in [0.5, 0.6) is 0 Å². The summed E-state index contributed by atoms with van der Waals surface area (Å²) in [4.78, 5) is 32.6. The van der Waals surface area contributed by atoms with Crippen LogP contribution in [0.4, 0.5) is 11.4 Å². The van der Waals surface area contributed by atoms with Crippen molar-refractivity contribution < 1.29 is 9.59 Å². The van der Waals surface area contributed by atoms with Gasteiger partial charge in [-0.1, -0.05) is 120 Å². The summed E-state index contributed by atoms with van der Waals surface area (Å²) in [5, 5.41) is 6.77. The van der Waals surface area contributed by atoms with Gasteiger partial charge in [-0.25, -0.2) is 0 Å². The fourth-order valence-corrected chi connectivity index (χ4v) is 13.2. The summed E-state index contributed by atoms with van der Waals surface area (Å²) in [5.41, 5.74) is 8.72. The molecule has 5 nitrogen and oxygen atoms in total. The van der Waals surface area contributed by atoms with Crippen molar-refractivity contribution in [2.45, 2.75) is 136 Å². The summed E-state index contributed by atoms with van der Waals surface area (Å²) in [6, 6.07) is 35.5. The van der Waals surface area contributed by atoms with E-state index in [1.807, 2.05) is 0 Å². The van der Waals surface area contributed by atoms with Gasteiger partial charge in [0, 0.05) is 31.0 Å². The standard InChI is InChI=1S/C52H65N3O2/c1-7-52-32-27-40-21-24-41(53-8-2)33-44(40)50(52,5)30-16-31-51(52,6)47(57)54-46(56)49(4)29-15-28-48(3)43-34-42(25-22-39(43)23-26-45(48)49)55(35-37-17-11-9-12-18-37)36-38-19-13-10-14-20-38/h9-14,17-22,24-25,33-34,45,53H,7-8,15-16,23,26-32,35-36H2,1-6H3,(H,54,56,57)/t45?,48-,49+,50-,51-,52-/m1/s1. The molecule has 0 bridgehead atoms. The minimum atomic E-state index is -0.653. The van der Waals surface area contributed by atoms with Gasteiger partial charge < -0.3 is 10.2 Å². The fraction of sp³-hybridized carbons (Fsp3) is 0.500. The maximum atomic E-state index is 15.1. The number of amides is 2. The summed E-state index contributed by atoms with van der Waals surface area (Å²) in [7, 11) is 0. The zero-order valence-electron chi connectivity index (χ0n) is 35.5. The third-order valence-corrected chi connectivity index (χ3v) is 16.4. The van der Waals surface area contributed by atoms with Gasteiger partial charge in [-0.15, -0.1) is 0 Å². The largest absolute Gasteiger partial charge is 0.385 e. The van der Waals surface area contributed by atoms with Gasteiger partial charge in [0.2, 0.25) is 11.8 Å². The molecule has 4 aliphatic carbocycles. The molecule has 2 N–H and O–H groups in total. The van der Waals surface area contributed by atoms with Crippen LogP contribution in [0.15, 0.2) is 97.1 Å². The number of aryl methyl sites for hydroxylation is 2. The Morgan fingerprint density at radius 2 is 1.33 bits per heavy atom. The number of nitrogens with one attached hydrogen (secondary N) is 2. The molecule has 0 heterocycles. The summed E-state index contributed by atoms with van der Waals surface area (Å²) < 4.78 is 0. The number of hydrogen-bond acceptors (Lipinski definition) is 4. The van der Waals surface area contributed by atoms with Gasteiger partial charge in [0.05, 0.1) is 10.8 Å². The second-order valence-electron chi connectivity index (χ2n) is 19.1. The van der Waals surface area contributed by atoms with Crippen LogP contribution in [-0.4, -0.2) is 18.4 Å². The molecular weight excluding hydrogens is 699 g/mol. The molecule has 2 fully saturated rings. The predicted octanol–water partition coefficient (Wildman–Crippen LogP) is 11.5. The van der Waals surface area contributed by atoms with E-state index in [0.717, 1.165) is 96.0 Å². The molecule has 6 atom stereocenters. The molecule has 57 heavy (non-hydrogen) atoms. The lowest BCUT2D eigenvalue weighted by Crippen LogP contribution is -2.65. The van der Waals surface area contributed by atoms with Crippen LogP contribution >= 0.6 is 0 Å². The van der Waals surface area contributed by atoms with Crippen molar-refractivity contribution in [2.24, 2.45) is 22.2 Å². The lowest BCUT2D eigenvalue weighted by Gasteiger charge is -2.63. The molecule has 5 heteroatoms. The number of carbonyl (C=O) groups is 2. The van der Waals surface area contributed by atoms with Crippen LogP contribution in [0.25, 0.3) is 0 Å². The number of benzene rings is 4. The lowest BCUT2D eigenvalue weighted by atomic mass is 9.40. The van der Waals surface area contributed by atoms with E-state index >= 15 is 9.59 Å². The number of carbonyl (C=O) groups excluding carboxylic acids is 2. The minimum absolute atomic E-state index is 0.0453. The Morgan fingerprint density at radius 3 is 2.00 bits per heavy atom. The first-order valence-electron chi connectivity index (χ1n) is 22.1. The molecule has 0 radical (unpaired) electrons. The Labute approximate surface area is 342 Å². The second-order valence-corrected chi connectivity index (χ2v) is 19.1. The Morgan fingerprint density at radius 1 is 0.684 bits per heavy atom. The Kier molecular flexibility index (Phi) is 10.4. The smallest absolute Gasteiger partial charge is 0.233 e. The van der Waals surface area contributed by atoms with Crippen LogP contribution in [0.2, 0.25) is 0 Å². The molecule has 4 aliphatic rings. The van der Waals surface area contributed by atoms with E-state index in [9.17, 15) is 0 Å². The molecule has 4 aromatic rings. The van der Waals surface area contributed by atoms with Gasteiger partial charge in [-0.3, -0.25) is 14.9 Å². The average molecular weight is 764 g/mol. The molecule has 4 aromatic carbocycles.